The average Bonchev–Trinajstić information content (AvgIpc) is 2.74. The van der Waals surface area contributed by atoms with Crippen LogP contribution in [-0.2, 0) is 21.2 Å². The predicted molar refractivity (Wildman–Crippen MR) is 138 cm³/mol. The van der Waals surface area contributed by atoms with Crippen molar-refractivity contribution in [2.24, 2.45) is 5.41 Å². The largest absolute Gasteiger partial charge is 0.465 e. The maximum absolute atomic E-state index is 13.8. The zero-order valence-electron chi connectivity index (χ0n) is 21.0. The first-order valence-electron chi connectivity index (χ1n) is 11.0. The van der Waals surface area contributed by atoms with Gasteiger partial charge in [-0.3, -0.25) is 13.9 Å². The van der Waals surface area contributed by atoms with Crippen LogP contribution in [0, 0.1) is 5.41 Å². The molecule has 0 radical (unpaired) electrons. The van der Waals surface area contributed by atoms with Crippen LogP contribution in [0.2, 0.25) is 5.15 Å². The van der Waals surface area contributed by atoms with Gasteiger partial charge in [-0.05, 0) is 30.0 Å². The number of sulfonamides is 1. The van der Waals surface area contributed by atoms with E-state index in [0.717, 1.165) is 16.1 Å². The molecule has 1 heterocycles. The number of benzene rings is 1. The molecule has 12 heteroatoms. The maximum Gasteiger partial charge on any atom is 0.405 e. The molecule has 0 aliphatic rings. The van der Waals surface area contributed by atoms with Crippen molar-refractivity contribution in [1.29, 1.82) is 0 Å². The molecule has 196 valence electrons. The van der Waals surface area contributed by atoms with Gasteiger partial charge in [0.1, 0.15) is 16.5 Å². The molecule has 2 amide bonds. The van der Waals surface area contributed by atoms with Gasteiger partial charge in [0.05, 0.1) is 12.3 Å². The van der Waals surface area contributed by atoms with E-state index in [1.54, 1.807) is 51.1 Å². The molecule has 1 aromatic heterocycles. The van der Waals surface area contributed by atoms with E-state index in [0.29, 0.717) is 0 Å². The number of carbonyl (C=O) groups is 3. The van der Waals surface area contributed by atoms with E-state index in [2.05, 4.69) is 15.6 Å². The number of hydrogen-bond acceptors (Lipinski definition) is 6. The molecule has 3 N–H and O–H groups in total. The van der Waals surface area contributed by atoms with Gasteiger partial charge in [-0.25, -0.2) is 18.2 Å². The number of amides is 2. The molecule has 36 heavy (non-hydrogen) atoms. The van der Waals surface area contributed by atoms with Gasteiger partial charge in [-0.15, -0.1) is 0 Å². The van der Waals surface area contributed by atoms with Gasteiger partial charge in [0.15, 0.2) is 5.78 Å². The van der Waals surface area contributed by atoms with Gasteiger partial charge in [0, 0.05) is 19.0 Å². The Labute approximate surface area is 216 Å². The Kier molecular flexibility index (Phi) is 8.74. The SMILES string of the molecule is CN(c1cc(C(=O)NC(C(=O)[C@@](C)(Cc2ccccc2)NC(=O)O)C(C)(C)C)cc(Cl)n1)S(C)(=O)=O. The molecule has 2 rings (SSSR count). The van der Waals surface area contributed by atoms with Crippen LogP contribution in [0.25, 0.3) is 0 Å². The van der Waals surface area contributed by atoms with Crippen molar-refractivity contribution in [3.05, 3.63) is 58.7 Å². The van der Waals surface area contributed by atoms with E-state index >= 15 is 0 Å². The second-order valence-electron chi connectivity index (χ2n) is 9.83. The summed E-state index contributed by atoms with van der Waals surface area (Å²) in [5.41, 5.74) is -1.65. The lowest BCUT2D eigenvalue weighted by atomic mass is 9.75. The molecule has 2 atom stereocenters. The molecule has 1 unspecified atom stereocenters. The summed E-state index contributed by atoms with van der Waals surface area (Å²) in [6.07, 6.45) is -0.339. The number of hydrogen-bond donors (Lipinski definition) is 3. The summed E-state index contributed by atoms with van der Waals surface area (Å²) in [5.74, 6) is -1.31. The third kappa shape index (κ3) is 7.41. The number of ketones is 1. The molecule has 0 spiro atoms. The van der Waals surface area contributed by atoms with Crippen molar-refractivity contribution in [1.82, 2.24) is 15.6 Å². The van der Waals surface area contributed by atoms with Crippen LogP contribution < -0.4 is 14.9 Å². The summed E-state index contributed by atoms with van der Waals surface area (Å²) in [4.78, 5) is 42.6. The Morgan fingerprint density at radius 2 is 1.69 bits per heavy atom. The lowest BCUT2D eigenvalue weighted by Gasteiger charge is -2.38. The second kappa shape index (κ2) is 10.8. The molecular formula is C24H31ClN4O6S. The molecule has 0 aliphatic carbocycles. The van der Waals surface area contributed by atoms with Crippen LogP contribution >= 0.6 is 11.6 Å². The standard InChI is InChI=1S/C24H31ClN4O6S/c1-23(2,3)19(20(30)24(4,28-22(32)33)14-15-10-8-7-9-11-15)27-21(31)16-12-17(25)26-18(13-16)29(5)36(6,34)35/h7-13,19,28H,14H2,1-6H3,(H,27,31)(H,32,33)/t19?,24-/m1/s1. The number of halogens is 1. The summed E-state index contributed by atoms with van der Waals surface area (Å²) in [6.45, 7) is 6.69. The summed E-state index contributed by atoms with van der Waals surface area (Å²) in [5, 5.41) is 14.4. The zero-order valence-corrected chi connectivity index (χ0v) is 22.6. The van der Waals surface area contributed by atoms with E-state index < -0.39 is 44.8 Å². The van der Waals surface area contributed by atoms with E-state index in [1.165, 1.54) is 26.1 Å². The maximum atomic E-state index is 13.8. The summed E-state index contributed by atoms with van der Waals surface area (Å²) in [7, 11) is -2.41. The van der Waals surface area contributed by atoms with Gasteiger partial charge in [-0.2, -0.15) is 0 Å². The number of Topliss-reactive ketones (excluding diaryl/α,β-unsaturated/α-hetero) is 1. The highest BCUT2D eigenvalue weighted by Gasteiger charge is 2.44. The first-order valence-corrected chi connectivity index (χ1v) is 13.2. The fourth-order valence-electron chi connectivity index (χ4n) is 3.59. The molecular weight excluding hydrogens is 508 g/mol. The summed E-state index contributed by atoms with van der Waals surface area (Å²) in [6, 6.07) is 10.3. The molecule has 0 aliphatic heterocycles. The highest BCUT2D eigenvalue weighted by atomic mass is 35.5. The van der Waals surface area contributed by atoms with E-state index in [1.807, 2.05) is 0 Å². The molecule has 0 bridgehead atoms. The fraction of sp³-hybridized carbons (Fsp3) is 0.417. The fourth-order valence-corrected chi connectivity index (χ4v) is 4.22. The average molecular weight is 539 g/mol. The van der Waals surface area contributed by atoms with Gasteiger partial charge in [0.2, 0.25) is 10.0 Å². The van der Waals surface area contributed by atoms with E-state index in [9.17, 15) is 27.9 Å². The van der Waals surface area contributed by atoms with E-state index in [-0.39, 0.29) is 23.0 Å². The smallest absolute Gasteiger partial charge is 0.405 e. The quantitative estimate of drug-likeness (QED) is 0.416. The van der Waals surface area contributed by atoms with Crippen molar-refractivity contribution in [3.63, 3.8) is 0 Å². The van der Waals surface area contributed by atoms with Crippen LogP contribution in [-0.4, -0.2) is 61.2 Å². The third-order valence-corrected chi connectivity index (χ3v) is 6.97. The molecule has 10 nitrogen and oxygen atoms in total. The normalized spacial score (nSPS) is 14.3. The minimum Gasteiger partial charge on any atom is -0.465 e. The van der Waals surface area contributed by atoms with E-state index in [4.69, 9.17) is 11.6 Å². The topological polar surface area (TPSA) is 146 Å². The van der Waals surface area contributed by atoms with Crippen molar-refractivity contribution < 1.29 is 27.9 Å². The number of carboxylic acid groups (broad SMARTS) is 1. The number of rotatable bonds is 9. The minimum absolute atomic E-state index is 0.0153. The number of nitrogens with zero attached hydrogens (tertiary/aromatic N) is 2. The monoisotopic (exact) mass is 538 g/mol. The Hall–Kier alpha value is -3.18. The van der Waals surface area contributed by atoms with Gasteiger partial charge in [-0.1, -0.05) is 62.7 Å². The van der Waals surface area contributed by atoms with Crippen LogP contribution in [0.15, 0.2) is 42.5 Å². The minimum atomic E-state index is -3.67. The molecule has 0 saturated heterocycles. The van der Waals surface area contributed by atoms with Gasteiger partial charge >= 0.3 is 6.09 Å². The first-order chi connectivity index (χ1) is 16.4. The summed E-state index contributed by atoms with van der Waals surface area (Å²) < 4.78 is 24.7. The zero-order chi connectivity index (χ0) is 27.5. The second-order valence-corrected chi connectivity index (χ2v) is 12.2. The number of carbonyl (C=O) groups excluding carboxylic acids is 2. The Morgan fingerprint density at radius 3 is 2.19 bits per heavy atom. The highest BCUT2D eigenvalue weighted by Crippen LogP contribution is 2.27. The number of pyridine rings is 1. The van der Waals surface area contributed by atoms with Crippen LogP contribution in [0.4, 0.5) is 10.6 Å². The highest BCUT2D eigenvalue weighted by molar-refractivity contribution is 7.92. The van der Waals surface area contributed by atoms with Crippen LogP contribution in [0.3, 0.4) is 0 Å². The molecule has 0 saturated carbocycles. The number of anilines is 1. The third-order valence-electron chi connectivity index (χ3n) is 5.59. The van der Waals surface area contributed by atoms with Crippen molar-refractivity contribution in [3.8, 4) is 0 Å². The van der Waals surface area contributed by atoms with Gasteiger partial charge < -0.3 is 15.7 Å². The Bertz CT molecular complexity index is 1250. The lowest BCUT2D eigenvalue weighted by molar-refractivity contribution is -0.129. The molecule has 0 fully saturated rings. The predicted octanol–water partition coefficient (Wildman–Crippen LogP) is 3.11. The lowest BCUT2D eigenvalue weighted by Crippen LogP contribution is -2.63. The first kappa shape index (κ1) is 29.1. The molecule has 2 aromatic rings. The summed E-state index contributed by atoms with van der Waals surface area (Å²) >= 11 is 6.04. The Balaban J connectivity index is 2.46. The number of aromatic nitrogens is 1. The van der Waals surface area contributed by atoms with Gasteiger partial charge in [0.25, 0.3) is 5.91 Å². The van der Waals surface area contributed by atoms with Crippen molar-refractivity contribution in [2.45, 2.75) is 45.7 Å². The van der Waals surface area contributed by atoms with Crippen molar-refractivity contribution >= 4 is 45.2 Å². The Morgan fingerprint density at radius 1 is 1.11 bits per heavy atom. The van der Waals surface area contributed by atoms with Crippen LogP contribution in [0.5, 0.6) is 0 Å². The molecule has 1 aromatic carbocycles. The van der Waals surface area contributed by atoms with Crippen molar-refractivity contribution in [2.75, 3.05) is 17.6 Å². The number of nitrogens with one attached hydrogen (secondary N) is 2. The van der Waals surface area contributed by atoms with Crippen LogP contribution in [0.1, 0.15) is 43.6 Å².